The van der Waals surface area contributed by atoms with Crippen molar-refractivity contribution in [1.82, 2.24) is 5.32 Å². The number of nitrogens with one attached hydrogen (secondary N) is 1. The van der Waals surface area contributed by atoms with Gasteiger partial charge >= 0.3 is 11.8 Å². The van der Waals surface area contributed by atoms with Crippen LogP contribution in [-0.4, -0.2) is 32.6 Å². The predicted octanol–water partition coefficient (Wildman–Crippen LogP) is -0.0158. The van der Waals surface area contributed by atoms with Gasteiger partial charge in [-0.2, -0.15) is 0 Å². The van der Waals surface area contributed by atoms with Crippen molar-refractivity contribution in [3.63, 3.8) is 0 Å². The molecule has 0 radical (unpaired) electrons. The van der Waals surface area contributed by atoms with Crippen molar-refractivity contribution in [2.24, 2.45) is 5.73 Å². The van der Waals surface area contributed by atoms with Crippen LogP contribution in [0.3, 0.4) is 0 Å². The second kappa shape index (κ2) is 6.61. The maximum Gasteiger partial charge on any atom is 0.309 e. The SMILES string of the molecule is COc1ccccc1[C@@H](CNC(=O)C(N)=O)OC. The second-order valence-corrected chi connectivity index (χ2v) is 3.54. The molecule has 2 amide bonds. The quantitative estimate of drug-likeness (QED) is 0.721. The van der Waals surface area contributed by atoms with Crippen LogP contribution in [0.25, 0.3) is 0 Å². The molecule has 0 unspecified atom stereocenters. The van der Waals surface area contributed by atoms with Crippen LogP contribution in [0.4, 0.5) is 0 Å². The Morgan fingerprint density at radius 2 is 2.00 bits per heavy atom. The van der Waals surface area contributed by atoms with Gasteiger partial charge in [-0.05, 0) is 6.07 Å². The smallest absolute Gasteiger partial charge is 0.309 e. The third kappa shape index (κ3) is 3.46. The lowest BCUT2D eigenvalue weighted by atomic mass is 10.1. The number of ether oxygens (including phenoxy) is 2. The molecule has 0 spiro atoms. The molecule has 98 valence electrons. The summed E-state index contributed by atoms with van der Waals surface area (Å²) in [5.41, 5.74) is 5.63. The fourth-order valence-corrected chi connectivity index (χ4v) is 1.53. The number of primary amides is 1. The van der Waals surface area contributed by atoms with Gasteiger partial charge < -0.3 is 20.5 Å². The average Bonchev–Trinajstić information content (AvgIpc) is 2.39. The molecule has 3 N–H and O–H groups in total. The van der Waals surface area contributed by atoms with Crippen LogP contribution in [0.15, 0.2) is 24.3 Å². The number of amides is 2. The Bertz CT molecular complexity index is 434. The Balaban J connectivity index is 2.77. The number of rotatable bonds is 5. The number of hydrogen-bond donors (Lipinski definition) is 2. The lowest BCUT2D eigenvalue weighted by molar-refractivity contribution is -0.137. The Labute approximate surface area is 105 Å². The standard InChI is InChI=1S/C12H16N2O4/c1-17-9-6-4-3-5-8(9)10(18-2)7-14-12(16)11(13)15/h3-6,10H,7H2,1-2H3,(H2,13,15)(H,14,16)/t10-/m1/s1. The third-order valence-electron chi connectivity index (χ3n) is 2.44. The van der Waals surface area contributed by atoms with Gasteiger partial charge in [-0.25, -0.2) is 0 Å². The summed E-state index contributed by atoms with van der Waals surface area (Å²) in [6.07, 6.45) is -0.413. The molecule has 0 heterocycles. The number of para-hydroxylation sites is 1. The summed E-state index contributed by atoms with van der Waals surface area (Å²) in [6.45, 7) is 0.138. The van der Waals surface area contributed by atoms with E-state index in [4.69, 9.17) is 15.2 Å². The normalized spacial score (nSPS) is 11.7. The van der Waals surface area contributed by atoms with E-state index in [9.17, 15) is 9.59 Å². The van der Waals surface area contributed by atoms with Crippen molar-refractivity contribution in [1.29, 1.82) is 0 Å². The first kappa shape index (κ1) is 14.0. The van der Waals surface area contributed by atoms with Crippen molar-refractivity contribution in [2.45, 2.75) is 6.10 Å². The van der Waals surface area contributed by atoms with E-state index >= 15 is 0 Å². The first-order valence-electron chi connectivity index (χ1n) is 5.33. The van der Waals surface area contributed by atoms with Crippen molar-refractivity contribution in [3.8, 4) is 5.75 Å². The highest BCUT2D eigenvalue weighted by Gasteiger charge is 2.17. The van der Waals surface area contributed by atoms with Gasteiger partial charge in [0.15, 0.2) is 0 Å². The van der Waals surface area contributed by atoms with Crippen molar-refractivity contribution >= 4 is 11.8 Å². The van der Waals surface area contributed by atoms with Gasteiger partial charge in [0.05, 0.1) is 7.11 Å². The van der Waals surface area contributed by atoms with Crippen LogP contribution in [0.2, 0.25) is 0 Å². The number of benzene rings is 1. The van der Waals surface area contributed by atoms with Crippen LogP contribution >= 0.6 is 0 Å². The third-order valence-corrected chi connectivity index (χ3v) is 2.44. The minimum absolute atomic E-state index is 0.138. The highest BCUT2D eigenvalue weighted by molar-refractivity contribution is 6.34. The second-order valence-electron chi connectivity index (χ2n) is 3.54. The molecule has 1 aromatic rings. The molecule has 18 heavy (non-hydrogen) atoms. The first-order valence-corrected chi connectivity index (χ1v) is 5.33. The minimum Gasteiger partial charge on any atom is -0.496 e. The largest absolute Gasteiger partial charge is 0.496 e. The van der Waals surface area contributed by atoms with Crippen LogP contribution in [0.5, 0.6) is 5.75 Å². The first-order chi connectivity index (χ1) is 8.60. The molecule has 0 fully saturated rings. The molecule has 0 aliphatic rings. The number of carbonyl (C=O) groups is 2. The van der Waals surface area contributed by atoms with E-state index in [2.05, 4.69) is 5.32 Å². The number of carbonyl (C=O) groups excluding carboxylic acids is 2. The molecule has 1 aromatic carbocycles. The topological polar surface area (TPSA) is 90.6 Å². The highest BCUT2D eigenvalue weighted by atomic mass is 16.5. The van der Waals surface area contributed by atoms with Gasteiger partial charge in [0.1, 0.15) is 11.9 Å². The zero-order valence-electron chi connectivity index (χ0n) is 10.3. The Morgan fingerprint density at radius 1 is 1.33 bits per heavy atom. The maximum atomic E-state index is 11.1. The van der Waals surface area contributed by atoms with Gasteiger partial charge in [0.25, 0.3) is 0 Å². The summed E-state index contributed by atoms with van der Waals surface area (Å²) in [4.78, 5) is 21.7. The number of hydrogen-bond acceptors (Lipinski definition) is 4. The summed E-state index contributed by atoms with van der Waals surface area (Å²) >= 11 is 0. The van der Waals surface area contributed by atoms with E-state index in [0.717, 1.165) is 5.56 Å². The van der Waals surface area contributed by atoms with Crippen LogP contribution in [0.1, 0.15) is 11.7 Å². The molecule has 0 aromatic heterocycles. The Morgan fingerprint density at radius 3 is 2.56 bits per heavy atom. The van der Waals surface area contributed by atoms with E-state index in [-0.39, 0.29) is 6.54 Å². The lowest BCUT2D eigenvalue weighted by Crippen LogP contribution is -2.38. The molecule has 0 aliphatic heterocycles. The van der Waals surface area contributed by atoms with E-state index in [1.807, 2.05) is 18.2 Å². The monoisotopic (exact) mass is 252 g/mol. The van der Waals surface area contributed by atoms with E-state index in [0.29, 0.717) is 5.75 Å². The molecular weight excluding hydrogens is 236 g/mol. The molecule has 1 rings (SSSR count). The van der Waals surface area contributed by atoms with Gasteiger partial charge in [0.2, 0.25) is 0 Å². The Hall–Kier alpha value is -2.08. The van der Waals surface area contributed by atoms with Crippen LogP contribution in [0, 0.1) is 0 Å². The zero-order valence-corrected chi connectivity index (χ0v) is 10.3. The van der Waals surface area contributed by atoms with E-state index < -0.39 is 17.9 Å². The summed E-state index contributed by atoms with van der Waals surface area (Å²) < 4.78 is 10.5. The summed E-state index contributed by atoms with van der Waals surface area (Å²) in [5, 5.41) is 2.39. The summed E-state index contributed by atoms with van der Waals surface area (Å²) in [6, 6.07) is 7.28. The van der Waals surface area contributed by atoms with Crippen molar-refractivity contribution in [2.75, 3.05) is 20.8 Å². The van der Waals surface area contributed by atoms with E-state index in [1.165, 1.54) is 7.11 Å². The van der Waals surface area contributed by atoms with Gasteiger partial charge in [-0.15, -0.1) is 0 Å². The van der Waals surface area contributed by atoms with E-state index in [1.54, 1.807) is 13.2 Å². The fraction of sp³-hybridized carbons (Fsp3) is 0.333. The molecule has 1 atom stereocenters. The van der Waals surface area contributed by atoms with Crippen LogP contribution < -0.4 is 15.8 Å². The average molecular weight is 252 g/mol. The number of methoxy groups -OCH3 is 2. The van der Waals surface area contributed by atoms with Gasteiger partial charge in [-0.3, -0.25) is 9.59 Å². The van der Waals surface area contributed by atoms with Crippen molar-refractivity contribution < 1.29 is 19.1 Å². The number of nitrogens with two attached hydrogens (primary N) is 1. The molecule has 6 heteroatoms. The fourth-order valence-electron chi connectivity index (χ4n) is 1.53. The molecule has 0 saturated heterocycles. The molecular formula is C12H16N2O4. The highest BCUT2D eigenvalue weighted by Crippen LogP contribution is 2.26. The van der Waals surface area contributed by atoms with Gasteiger partial charge in [-0.1, -0.05) is 18.2 Å². The van der Waals surface area contributed by atoms with Gasteiger partial charge in [0, 0.05) is 19.2 Å². The lowest BCUT2D eigenvalue weighted by Gasteiger charge is -2.18. The summed E-state index contributed by atoms with van der Waals surface area (Å²) in [5.74, 6) is -1.21. The molecule has 6 nitrogen and oxygen atoms in total. The maximum absolute atomic E-state index is 11.1. The van der Waals surface area contributed by atoms with Crippen molar-refractivity contribution in [3.05, 3.63) is 29.8 Å². The molecule has 0 bridgehead atoms. The summed E-state index contributed by atoms with van der Waals surface area (Å²) in [7, 11) is 3.06. The predicted molar refractivity (Wildman–Crippen MR) is 64.9 cm³/mol. The molecule has 0 aliphatic carbocycles. The zero-order chi connectivity index (χ0) is 13.5. The minimum atomic E-state index is -1.02. The Kier molecular flexibility index (Phi) is 5.13. The molecule has 0 saturated carbocycles. The van der Waals surface area contributed by atoms with Crippen LogP contribution in [-0.2, 0) is 14.3 Å².